The normalized spacial score (nSPS) is 15.6. The zero-order chi connectivity index (χ0) is 29.1. The number of aryl methyl sites for hydroxylation is 4. The van der Waals surface area contributed by atoms with E-state index in [9.17, 15) is 21.6 Å². The minimum absolute atomic E-state index is 0.0489. The molecule has 0 aliphatic carbocycles. The van der Waals surface area contributed by atoms with Crippen molar-refractivity contribution in [1.29, 1.82) is 0 Å². The number of hydrogen-bond acceptors (Lipinski definition) is 6. The highest BCUT2D eigenvalue weighted by molar-refractivity contribution is 7.94. The second kappa shape index (κ2) is 12.1. The Kier molecular flexibility index (Phi) is 9.02. The van der Waals surface area contributed by atoms with Gasteiger partial charge in [-0.15, -0.1) is 0 Å². The maximum atomic E-state index is 13.9. The van der Waals surface area contributed by atoms with Crippen molar-refractivity contribution < 1.29 is 26.4 Å². The van der Waals surface area contributed by atoms with Gasteiger partial charge in [0.1, 0.15) is 12.0 Å². The summed E-state index contributed by atoms with van der Waals surface area (Å²) in [6.07, 6.45) is 0.113. The van der Waals surface area contributed by atoms with Crippen molar-refractivity contribution >= 4 is 26.0 Å². The van der Waals surface area contributed by atoms with Gasteiger partial charge in [-0.1, -0.05) is 65.7 Å². The van der Waals surface area contributed by atoms with Gasteiger partial charge in [0.15, 0.2) is 9.84 Å². The zero-order valence-electron chi connectivity index (χ0n) is 23.3. The Hall–Kier alpha value is -3.21. The lowest BCUT2D eigenvalue weighted by Gasteiger charge is -2.35. The Balaban J connectivity index is 1.58. The number of ether oxygens (including phenoxy) is 1. The Morgan fingerprint density at radius 2 is 1.45 bits per heavy atom. The standard InChI is InChI=1S/C30H36N2O6S2/c1-21-10-12-27(13-11-21)39(34,35)29(31-40(36,37)28-23(3)18-22(2)19-24(28)4)26-14-16-32(17-15-26)30(33)38-20-25-8-6-5-7-9-25/h5-13,18-19,26,29,31H,14-17,20H2,1-4H3. The highest BCUT2D eigenvalue weighted by Gasteiger charge is 2.41. The van der Waals surface area contributed by atoms with E-state index < -0.39 is 37.2 Å². The van der Waals surface area contributed by atoms with Crippen molar-refractivity contribution in [1.82, 2.24) is 9.62 Å². The molecule has 1 atom stereocenters. The average Bonchev–Trinajstić information content (AvgIpc) is 2.90. The molecule has 0 aromatic heterocycles. The molecule has 1 fully saturated rings. The summed E-state index contributed by atoms with van der Waals surface area (Å²) < 4.78 is 63.3. The minimum atomic E-state index is -4.19. The van der Waals surface area contributed by atoms with Crippen LogP contribution in [0.1, 0.15) is 40.7 Å². The lowest BCUT2D eigenvalue weighted by Crippen LogP contribution is -2.50. The fourth-order valence-electron chi connectivity index (χ4n) is 5.29. The van der Waals surface area contributed by atoms with Crippen LogP contribution in [-0.2, 0) is 31.2 Å². The maximum absolute atomic E-state index is 13.9. The van der Waals surface area contributed by atoms with Crippen LogP contribution in [0, 0.1) is 33.6 Å². The van der Waals surface area contributed by atoms with Crippen LogP contribution < -0.4 is 4.72 Å². The van der Waals surface area contributed by atoms with Crippen LogP contribution in [0.4, 0.5) is 4.79 Å². The van der Waals surface area contributed by atoms with Gasteiger partial charge in [-0.25, -0.2) is 21.6 Å². The highest BCUT2D eigenvalue weighted by atomic mass is 32.2. The first-order chi connectivity index (χ1) is 18.9. The summed E-state index contributed by atoms with van der Waals surface area (Å²) in [5, 5.41) is -1.40. The van der Waals surface area contributed by atoms with E-state index in [1.807, 2.05) is 44.2 Å². The van der Waals surface area contributed by atoms with E-state index in [1.54, 1.807) is 38.1 Å². The number of nitrogens with zero attached hydrogens (tertiary/aromatic N) is 1. The van der Waals surface area contributed by atoms with Gasteiger partial charge in [-0.2, -0.15) is 4.72 Å². The first-order valence-corrected chi connectivity index (χ1v) is 16.3. The first kappa shape index (κ1) is 29.8. The van der Waals surface area contributed by atoms with Crippen molar-refractivity contribution in [2.24, 2.45) is 5.92 Å². The van der Waals surface area contributed by atoms with Gasteiger partial charge >= 0.3 is 6.09 Å². The predicted molar refractivity (Wildman–Crippen MR) is 154 cm³/mol. The summed E-state index contributed by atoms with van der Waals surface area (Å²) in [5.74, 6) is -0.551. The molecule has 1 aliphatic rings. The van der Waals surface area contributed by atoms with Crippen molar-refractivity contribution in [3.05, 3.63) is 94.5 Å². The number of carbonyl (C=O) groups is 1. The summed E-state index contributed by atoms with van der Waals surface area (Å²) in [5.41, 5.74) is 3.78. The molecule has 8 nitrogen and oxygen atoms in total. The second-order valence-electron chi connectivity index (χ2n) is 10.5. The molecule has 0 bridgehead atoms. The van der Waals surface area contributed by atoms with Crippen molar-refractivity contribution in [3.63, 3.8) is 0 Å². The van der Waals surface area contributed by atoms with Crippen molar-refractivity contribution in [2.75, 3.05) is 13.1 Å². The number of piperidine rings is 1. The van der Waals surface area contributed by atoms with Crippen LogP contribution in [0.15, 0.2) is 76.5 Å². The van der Waals surface area contributed by atoms with E-state index in [-0.39, 0.29) is 29.5 Å². The molecule has 214 valence electrons. The van der Waals surface area contributed by atoms with E-state index in [0.717, 1.165) is 16.7 Å². The molecule has 0 radical (unpaired) electrons. The third-order valence-electron chi connectivity index (χ3n) is 7.26. The molecule has 3 aromatic rings. The first-order valence-electron chi connectivity index (χ1n) is 13.2. The number of carbonyl (C=O) groups excluding carboxylic acids is 1. The van der Waals surface area contributed by atoms with Gasteiger partial charge < -0.3 is 9.64 Å². The Bertz CT molecular complexity index is 1540. The summed E-state index contributed by atoms with van der Waals surface area (Å²) in [7, 11) is -8.29. The monoisotopic (exact) mass is 584 g/mol. The smallest absolute Gasteiger partial charge is 0.410 e. The van der Waals surface area contributed by atoms with E-state index in [2.05, 4.69) is 4.72 Å². The van der Waals surface area contributed by atoms with Crippen LogP contribution in [-0.4, -0.2) is 46.3 Å². The number of hydrogen-bond donors (Lipinski definition) is 1. The van der Waals surface area contributed by atoms with Gasteiger partial charge in [0.25, 0.3) is 0 Å². The van der Waals surface area contributed by atoms with E-state index in [1.165, 1.54) is 17.0 Å². The maximum Gasteiger partial charge on any atom is 0.410 e. The molecule has 1 unspecified atom stereocenters. The van der Waals surface area contributed by atoms with Crippen LogP contribution >= 0.6 is 0 Å². The third kappa shape index (κ3) is 6.74. The lowest BCUT2D eigenvalue weighted by molar-refractivity contribution is 0.0815. The molecule has 1 N–H and O–H groups in total. The molecule has 0 spiro atoms. The third-order valence-corrected chi connectivity index (χ3v) is 11.3. The average molecular weight is 585 g/mol. The van der Waals surface area contributed by atoms with Crippen LogP contribution in [0.25, 0.3) is 0 Å². The molecule has 1 amide bonds. The molecular weight excluding hydrogens is 548 g/mol. The van der Waals surface area contributed by atoms with Gasteiger partial charge in [0.05, 0.1) is 9.79 Å². The molecule has 1 heterocycles. The van der Waals surface area contributed by atoms with E-state index in [4.69, 9.17) is 4.74 Å². The zero-order valence-corrected chi connectivity index (χ0v) is 24.9. The lowest BCUT2D eigenvalue weighted by atomic mass is 9.97. The van der Waals surface area contributed by atoms with Crippen molar-refractivity contribution in [2.45, 2.75) is 62.3 Å². The molecule has 1 aliphatic heterocycles. The molecule has 10 heteroatoms. The van der Waals surface area contributed by atoms with E-state index in [0.29, 0.717) is 24.0 Å². The fraction of sp³-hybridized carbons (Fsp3) is 0.367. The summed E-state index contributed by atoms with van der Waals surface area (Å²) >= 11 is 0. The number of likely N-dealkylation sites (tertiary alicyclic amines) is 1. The molecule has 3 aromatic carbocycles. The molecule has 1 saturated heterocycles. The van der Waals surface area contributed by atoms with Crippen LogP contribution in [0.2, 0.25) is 0 Å². The summed E-state index contributed by atoms with van der Waals surface area (Å²) in [6, 6.07) is 19.3. The topological polar surface area (TPSA) is 110 Å². The number of nitrogens with one attached hydrogen (secondary N) is 1. The number of benzene rings is 3. The van der Waals surface area contributed by atoms with Gasteiger partial charge in [0, 0.05) is 13.1 Å². The molecule has 4 rings (SSSR count). The number of sulfonamides is 1. The van der Waals surface area contributed by atoms with Gasteiger partial charge in [-0.05, 0) is 75.3 Å². The van der Waals surface area contributed by atoms with Crippen LogP contribution in [0.3, 0.4) is 0 Å². The Morgan fingerprint density at radius 3 is 2.02 bits per heavy atom. The number of rotatable bonds is 8. The number of sulfone groups is 1. The molecule has 40 heavy (non-hydrogen) atoms. The number of amides is 1. The fourth-order valence-corrected chi connectivity index (χ4v) is 9.34. The highest BCUT2D eigenvalue weighted by Crippen LogP contribution is 2.31. The quantitative estimate of drug-likeness (QED) is 0.397. The molecule has 0 saturated carbocycles. The van der Waals surface area contributed by atoms with Crippen LogP contribution in [0.5, 0.6) is 0 Å². The minimum Gasteiger partial charge on any atom is -0.445 e. The SMILES string of the molecule is Cc1ccc(S(=O)(=O)C(NS(=O)(=O)c2c(C)cc(C)cc2C)C2CCN(C(=O)OCc3ccccc3)CC2)cc1. The Labute approximate surface area is 237 Å². The predicted octanol–water partition coefficient (Wildman–Crippen LogP) is 5.05. The largest absolute Gasteiger partial charge is 0.445 e. The van der Waals surface area contributed by atoms with Gasteiger partial charge in [0.2, 0.25) is 10.0 Å². The second-order valence-corrected chi connectivity index (χ2v) is 14.2. The molecular formula is C30H36N2O6S2. The Morgan fingerprint density at radius 1 is 0.875 bits per heavy atom. The van der Waals surface area contributed by atoms with Gasteiger partial charge in [-0.3, -0.25) is 0 Å². The summed E-state index contributed by atoms with van der Waals surface area (Å²) in [6.45, 7) is 7.79. The van der Waals surface area contributed by atoms with Crippen molar-refractivity contribution in [3.8, 4) is 0 Å². The van der Waals surface area contributed by atoms with E-state index >= 15 is 0 Å². The summed E-state index contributed by atoms with van der Waals surface area (Å²) in [4.78, 5) is 14.4.